The fourth-order valence-electron chi connectivity index (χ4n) is 4.87. The third kappa shape index (κ3) is 5.14. The van der Waals surface area contributed by atoms with Gasteiger partial charge in [0.1, 0.15) is 34.4 Å². The van der Waals surface area contributed by atoms with Crippen molar-refractivity contribution in [3.8, 4) is 11.5 Å². The first kappa shape index (κ1) is 28.0. The molecule has 1 saturated heterocycles. The number of carbonyl (C=O) groups is 1. The molecule has 1 fully saturated rings. The number of imidazole rings is 1. The molecular weight excluding hydrogens is 552 g/mol. The standard InChI is InChI=1S/C25H28F4N8O2S/c1-12-10-35(8-9-36(12)17(38)11-37-14(3)30-13(2)34-37)22-20(33-23(40-22)25(27,28)29)21-31-16-7-6-15(24(4,5)39)18(26)19(16)32-21/h6-7,12,39H,8-11H2,1-5H3,(H,31,32)/t12-/m1/s1. The van der Waals surface area contributed by atoms with Crippen molar-refractivity contribution in [2.45, 2.75) is 59.0 Å². The lowest BCUT2D eigenvalue weighted by molar-refractivity contribution is -0.137. The summed E-state index contributed by atoms with van der Waals surface area (Å²) in [5.74, 6) is 0.216. The first-order valence-electron chi connectivity index (χ1n) is 12.6. The van der Waals surface area contributed by atoms with Gasteiger partial charge in [-0.15, -0.1) is 0 Å². The van der Waals surface area contributed by atoms with Crippen LogP contribution in [0.1, 0.15) is 43.0 Å². The van der Waals surface area contributed by atoms with Crippen LogP contribution in [-0.4, -0.2) is 71.3 Å². The summed E-state index contributed by atoms with van der Waals surface area (Å²) in [6.45, 7) is 8.97. The minimum atomic E-state index is -4.69. The average Bonchev–Trinajstić information content (AvgIpc) is 3.55. The number of halogens is 4. The summed E-state index contributed by atoms with van der Waals surface area (Å²) >= 11 is 0.479. The number of aromatic amines is 1. The fourth-order valence-corrected chi connectivity index (χ4v) is 5.84. The predicted octanol–water partition coefficient (Wildman–Crippen LogP) is 4.02. The summed E-state index contributed by atoms with van der Waals surface area (Å²) in [6, 6.07) is 2.60. The van der Waals surface area contributed by atoms with Crippen LogP contribution in [0, 0.1) is 19.7 Å². The zero-order chi connectivity index (χ0) is 29.1. The van der Waals surface area contributed by atoms with E-state index in [1.54, 1.807) is 23.6 Å². The van der Waals surface area contributed by atoms with Gasteiger partial charge >= 0.3 is 6.18 Å². The van der Waals surface area contributed by atoms with Gasteiger partial charge in [0.2, 0.25) is 10.9 Å². The van der Waals surface area contributed by atoms with Crippen molar-refractivity contribution in [2.75, 3.05) is 24.5 Å². The molecule has 2 N–H and O–H groups in total. The molecule has 1 amide bonds. The number of carbonyl (C=O) groups excluding carboxylic acids is 1. The highest BCUT2D eigenvalue weighted by molar-refractivity contribution is 7.16. The molecule has 1 aliphatic heterocycles. The lowest BCUT2D eigenvalue weighted by Crippen LogP contribution is -2.54. The zero-order valence-corrected chi connectivity index (χ0v) is 23.3. The Bertz CT molecular complexity index is 1590. The molecular formula is C25H28F4N8O2S. The third-order valence-corrected chi connectivity index (χ3v) is 7.97. The Morgan fingerprint density at radius 2 is 1.90 bits per heavy atom. The van der Waals surface area contributed by atoms with Gasteiger partial charge in [-0.25, -0.2) is 24.0 Å². The summed E-state index contributed by atoms with van der Waals surface area (Å²) in [5, 5.41) is 13.7. The number of H-pyrrole nitrogens is 1. The number of alkyl halides is 3. The number of piperazine rings is 1. The molecule has 4 aromatic rings. The van der Waals surface area contributed by atoms with E-state index in [0.29, 0.717) is 23.0 Å². The average molecular weight is 581 g/mol. The topological polar surface area (TPSA) is 116 Å². The van der Waals surface area contributed by atoms with E-state index < -0.39 is 22.6 Å². The van der Waals surface area contributed by atoms with Gasteiger partial charge in [-0.1, -0.05) is 17.4 Å². The van der Waals surface area contributed by atoms with Crippen LogP contribution in [0.3, 0.4) is 0 Å². The Morgan fingerprint density at radius 1 is 1.18 bits per heavy atom. The van der Waals surface area contributed by atoms with Gasteiger partial charge in [0.15, 0.2) is 11.6 Å². The van der Waals surface area contributed by atoms with Gasteiger partial charge in [-0.3, -0.25) is 4.79 Å². The van der Waals surface area contributed by atoms with E-state index in [1.165, 1.54) is 30.7 Å². The van der Waals surface area contributed by atoms with E-state index >= 15 is 4.39 Å². The van der Waals surface area contributed by atoms with Crippen LogP contribution in [0.15, 0.2) is 12.1 Å². The largest absolute Gasteiger partial charge is 0.443 e. The van der Waals surface area contributed by atoms with Crippen molar-refractivity contribution >= 4 is 33.3 Å². The van der Waals surface area contributed by atoms with Gasteiger partial charge < -0.3 is 19.9 Å². The Hall–Kier alpha value is -3.59. The number of fused-ring (bicyclic) bond motifs is 1. The molecule has 4 heterocycles. The normalized spacial score (nSPS) is 16.8. The van der Waals surface area contributed by atoms with Crippen molar-refractivity contribution in [3.63, 3.8) is 0 Å². The molecule has 0 saturated carbocycles. The number of nitrogens with one attached hydrogen (secondary N) is 1. The maximum Gasteiger partial charge on any atom is 0.443 e. The van der Waals surface area contributed by atoms with Crippen LogP contribution in [0.25, 0.3) is 22.6 Å². The van der Waals surface area contributed by atoms with Crippen LogP contribution < -0.4 is 4.90 Å². The number of anilines is 1. The van der Waals surface area contributed by atoms with Gasteiger partial charge in [0.25, 0.3) is 0 Å². The molecule has 1 aliphatic rings. The Morgan fingerprint density at radius 3 is 2.50 bits per heavy atom. The van der Waals surface area contributed by atoms with Crippen molar-refractivity contribution in [3.05, 3.63) is 40.2 Å². The number of aliphatic hydroxyl groups is 1. The van der Waals surface area contributed by atoms with E-state index in [-0.39, 0.29) is 71.2 Å². The first-order chi connectivity index (χ1) is 18.6. The SMILES string of the molecule is Cc1nc(C)n(CC(=O)N2CCN(c3sc(C(F)(F)F)nc3-c3nc4c(F)c(C(C)(C)O)ccc4[nH]3)C[C@H]2C)n1. The van der Waals surface area contributed by atoms with E-state index in [1.807, 2.05) is 6.92 Å². The molecule has 5 rings (SSSR count). The maximum absolute atomic E-state index is 15.2. The quantitative estimate of drug-likeness (QED) is 0.343. The van der Waals surface area contributed by atoms with Crippen molar-refractivity contribution in [1.82, 2.24) is 34.6 Å². The van der Waals surface area contributed by atoms with E-state index in [0.717, 1.165) is 0 Å². The van der Waals surface area contributed by atoms with Crippen molar-refractivity contribution < 1.29 is 27.5 Å². The van der Waals surface area contributed by atoms with Gasteiger partial charge in [0, 0.05) is 31.2 Å². The summed E-state index contributed by atoms with van der Waals surface area (Å²) in [5.41, 5.74) is -1.37. The number of rotatable bonds is 5. The summed E-state index contributed by atoms with van der Waals surface area (Å²) in [4.78, 5) is 31.7. The smallest absolute Gasteiger partial charge is 0.386 e. The highest BCUT2D eigenvalue weighted by Crippen LogP contribution is 2.43. The van der Waals surface area contributed by atoms with Gasteiger partial charge in [-0.05, 0) is 40.7 Å². The van der Waals surface area contributed by atoms with E-state index in [9.17, 15) is 23.1 Å². The van der Waals surface area contributed by atoms with E-state index in [4.69, 9.17) is 0 Å². The molecule has 0 spiro atoms. The van der Waals surface area contributed by atoms with Crippen LogP contribution in [0.2, 0.25) is 0 Å². The number of aryl methyl sites for hydroxylation is 2. The first-order valence-corrected chi connectivity index (χ1v) is 13.4. The second-order valence-electron chi connectivity index (χ2n) is 10.4. The predicted molar refractivity (Wildman–Crippen MR) is 140 cm³/mol. The maximum atomic E-state index is 15.2. The Balaban J connectivity index is 1.45. The minimum absolute atomic E-state index is 0.0121. The van der Waals surface area contributed by atoms with Crippen molar-refractivity contribution in [1.29, 1.82) is 0 Å². The number of aromatic nitrogens is 6. The Kier molecular flexibility index (Phi) is 6.85. The molecule has 40 heavy (non-hydrogen) atoms. The molecule has 1 atom stereocenters. The summed E-state index contributed by atoms with van der Waals surface area (Å²) in [7, 11) is 0. The number of hydrogen-bond donors (Lipinski definition) is 2. The molecule has 214 valence electrons. The second kappa shape index (κ2) is 9.80. The molecule has 1 aromatic carbocycles. The highest BCUT2D eigenvalue weighted by atomic mass is 32.1. The molecule has 0 radical (unpaired) electrons. The number of hydrogen-bond acceptors (Lipinski definition) is 8. The second-order valence-corrected chi connectivity index (χ2v) is 11.4. The number of nitrogens with zero attached hydrogens (tertiary/aromatic N) is 7. The van der Waals surface area contributed by atoms with Crippen LogP contribution in [-0.2, 0) is 23.1 Å². The molecule has 0 aliphatic carbocycles. The van der Waals surface area contributed by atoms with Crippen LogP contribution in [0.5, 0.6) is 0 Å². The molecule has 0 unspecified atom stereocenters. The fraction of sp³-hybridized carbons (Fsp3) is 0.480. The lowest BCUT2D eigenvalue weighted by atomic mass is 9.97. The minimum Gasteiger partial charge on any atom is -0.386 e. The Labute approximate surface area is 230 Å². The zero-order valence-electron chi connectivity index (χ0n) is 22.5. The molecule has 0 bridgehead atoms. The summed E-state index contributed by atoms with van der Waals surface area (Å²) < 4.78 is 58.0. The monoisotopic (exact) mass is 580 g/mol. The number of thiazole rings is 1. The lowest BCUT2D eigenvalue weighted by Gasteiger charge is -2.40. The molecule has 10 nitrogen and oxygen atoms in total. The number of benzene rings is 1. The van der Waals surface area contributed by atoms with E-state index in [2.05, 4.69) is 25.0 Å². The number of amides is 1. The van der Waals surface area contributed by atoms with Gasteiger partial charge in [0.05, 0.1) is 11.1 Å². The van der Waals surface area contributed by atoms with Gasteiger partial charge in [-0.2, -0.15) is 18.3 Å². The third-order valence-electron chi connectivity index (χ3n) is 6.81. The highest BCUT2D eigenvalue weighted by Gasteiger charge is 2.39. The van der Waals surface area contributed by atoms with Crippen molar-refractivity contribution in [2.24, 2.45) is 0 Å². The molecule has 15 heteroatoms. The van der Waals surface area contributed by atoms with Crippen LogP contribution in [0.4, 0.5) is 22.6 Å². The molecule has 3 aromatic heterocycles. The summed E-state index contributed by atoms with van der Waals surface area (Å²) in [6.07, 6.45) is -4.69. The van der Waals surface area contributed by atoms with Crippen LogP contribution >= 0.6 is 11.3 Å².